The number of ether oxygens (including phenoxy) is 2. The number of fused-ring (bicyclic) bond motifs is 5. The van der Waals surface area contributed by atoms with Crippen LogP contribution >= 0.6 is 0 Å². The molecule has 1 amide bonds. The number of hydrogen-bond acceptors (Lipinski definition) is 7. The first-order chi connectivity index (χ1) is 18.3. The summed E-state index contributed by atoms with van der Waals surface area (Å²) < 4.78 is 27.2. The summed E-state index contributed by atoms with van der Waals surface area (Å²) in [6, 6.07) is 2.56. The molecule has 10 heteroatoms. The highest BCUT2D eigenvalue weighted by Gasteiger charge is 2.46. The monoisotopic (exact) mass is 535 g/mol. The van der Waals surface area contributed by atoms with Crippen molar-refractivity contribution in [3.05, 3.63) is 61.7 Å². The van der Waals surface area contributed by atoms with Crippen LogP contribution in [0.4, 0.5) is 9.18 Å². The molecule has 0 saturated carbocycles. The minimum absolute atomic E-state index is 0.0285. The summed E-state index contributed by atoms with van der Waals surface area (Å²) in [6.45, 7) is 8.68. The van der Waals surface area contributed by atoms with Crippen LogP contribution in [0.5, 0.6) is 0 Å². The normalized spacial score (nSPS) is 21.2. The van der Waals surface area contributed by atoms with E-state index in [9.17, 15) is 19.5 Å². The van der Waals surface area contributed by atoms with Gasteiger partial charge in [0.2, 0.25) is 0 Å². The van der Waals surface area contributed by atoms with Gasteiger partial charge in [-0.2, -0.15) is 0 Å². The van der Waals surface area contributed by atoms with E-state index in [0.29, 0.717) is 35.3 Å². The van der Waals surface area contributed by atoms with Gasteiger partial charge in [-0.1, -0.05) is 6.92 Å². The van der Waals surface area contributed by atoms with E-state index in [1.807, 2.05) is 0 Å². The summed E-state index contributed by atoms with van der Waals surface area (Å²) >= 11 is 0. The molecule has 1 aromatic carbocycles. The zero-order chi connectivity index (χ0) is 28.0. The summed E-state index contributed by atoms with van der Waals surface area (Å²) in [5.41, 5.74) is 1.60. The highest BCUT2D eigenvalue weighted by molar-refractivity contribution is 5.93. The lowest BCUT2D eigenvalue weighted by Crippen LogP contribution is -2.44. The number of benzene rings is 1. The third kappa shape index (κ3) is 3.68. The molecule has 4 heterocycles. The van der Waals surface area contributed by atoms with Crippen molar-refractivity contribution in [3.63, 3.8) is 0 Å². The van der Waals surface area contributed by atoms with E-state index in [-0.39, 0.29) is 42.1 Å². The van der Waals surface area contributed by atoms with Crippen LogP contribution in [0.1, 0.15) is 80.0 Å². The quantitative estimate of drug-likeness (QED) is 0.372. The SMILES string of the molecule is CC[C@]1(O)C(=O)OCc2c1cc1n(c2=O)Cc2c-1nc1cc(F)c(C)c3c1c2[C@@H](NC(=O)OC(C)(C)C)CC3. The number of pyridine rings is 2. The van der Waals surface area contributed by atoms with Gasteiger partial charge in [-0.3, -0.25) is 4.79 Å². The molecule has 0 fully saturated rings. The van der Waals surface area contributed by atoms with Crippen molar-refractivity contribution in [3.8, 4) is 11.4 Å². The maximum atomic E-state index is 15.0. The first-order valence-corrected chi connectivity index (χ1v) is 13.1. The summed E-state index contributed by atoms with van der Waals surface area (Å²) in [5.74, 6) is -1.18. The van der Waals surface area contributed by atoms with Crippen LogP contribution in [0.2, 0.25) is 0 Å². The number of nitrogens with zero attached hydrogens (tertiary/aromatic N) is 2. The molecule has 204 valence electrons. The summed E-state index contributed by atoms with van der Waals surface area (Å²) in [6.07, 6.45) is 0.515. The Labute approximate surface area is 223 Å². The Morgan fingerprint density at radius 1 is 1.28 bits per heavy atom. The number of nitrogens with one attached hydrogen (secondary N) is 1. The number of halogens is 1. The number of aliphatic hydroxyl groups is 1. The van der Waals surface area contributed by atoms with Gasteiger partial charge in [0.15, 0.2) is 5.60 Å². The molecule has 0 spiro atoms. The molecule has 2 N–H and O–H groups in total. The van der Waals surface area contributed by atoms with Crippen molar-refractivity contribution in [2.24, 2.45) is 0 Å². The van der Waals surface area contributed by atoms with Gasteiger partial charge < -0.3 is 24.5 Å². The van der Waals surface area contributed by atoms with Gasteiger partial charge in [-0.05, 0) is 69.7 Å². The highest BCUT2D eigenvalue weighted by atomic mass is 19.1. The summed E-state index contributed by atoms with van der Waals surface area (Å²) in [7, 11) is 0. The third-order valence-corrected chi connectivity index (χ3v) is 8.07. The molecule has 2 aromatic heterocycles. The zero-order valence-electron chi connectivity index (χ0n) is 22.5. The van der Waals surface area contributed by atoms with Crippen molar-refractivity contribution < 1.29 is 28.6 Å². The average molecular weight is 536 g/mol. The van der Waals surface area contributed by atoms with Gasteiger partial charge >= 0.3 is 12.1 Å². The predicted octanol–water partition coefficient (Wildman–Crippen LogP) is 4.04. The Morgan fingerprint density at radius 2 is 2.03 bits per heavy atom. The minimum Gasteiger partial charge on any atom is -0.458 e. The number of hydrogen-bond donors (Lipinski definition) is 2. The second-order valence-corrected chi connectivity index (χ2v) is 11.5. The molecule has 1 aliphatic carbocycles. The predicted molar refractivity (Wildman–Crippen MR) is 140 cm³/mol. The van der Waals surface area contributed by atoms with Crippen LogP contribution in [0.15, 0.2) is 16.9 Å². The standard InChI is InChI=1S/C29H30FN3O6/c1-6-29(37)17-9-21-24-15(11-33(21)25(34)16(17)12-38-26(29)35)23-19(32-27(36)39-28(3,4)5)8-7-14-13(2)18(30)10-20(31-24)22(14)23/h9-10,19,37H,6-8,11-12H2,1-5H3,(H,32,36)/t19-,29+/m0/s1. The highest BCUT2D eigenvalue weighted by Crippen LogP contribution is 2.46. The fourth-order valence-corrected chi connectivity index (χ4v) is 6.15. The van der Waals surface area contributed by atoms with Gasteiger partial charge in [-0.15, -0.1) is 0 Å². The lowest BCUT2D eigenvalue weighted by atomic mass is 9.81. The van der Waals surface area contributed by atoms with E-state index in [4.69, 9.17) is 14.5 Å². The first kappa shape index (κ1) is 25.5. The Kier molecular flexibility index (Phi) is 5.46. The molecule has 3 aliphatic rings. The lowest BCUT2D eigenvalue weighted by molar-refractivity contribution is -0.172. The van der Waals surface area contributed by atoms with Gasteiger partial charge in [-0.25, -0.2) is 19.0 Å². The Hall–Kier alpha value is -3.79. The molecular weight excluding hydrogens is 505 g/mol. The average Bonchev–Trinajstić information content (AvgIpc) is 3.23. The first-order valence-electron chi connectivity index (χ1n) is 13.1. The molecule has 6 rings (SSSR count). The van der Waals surface area contributed by atoms with Crippen LogP contribution in [-0.2, 0) is 39.4 Å². The molecule has 2 atom stereocenters. The molecule has 0 radical (unpaired) electrons. The number of alkyl carbamates (subject to hydrolysis) is 1. The molecule has 0 unspecified atom stereocenters. The van der Waals surface area contributed by atoms with Gasteiger partial charge in [0.25, 0.3) is 5.56 Å². The fourth-order valence-electron chi connectivity index (χ4n) is 6.15. The van der Waals surface area contributed by atoms with Crippen molar-refractivity contribution in [1.29, 1.82) is 0 Å². The van der Waals surface area contributed by atoms with E-state index in [1.54, 1.807) is 45.3 Å². The fraction of sp³-hybridized carbons (Fsp3) is 0.448. The number of cyclic esters (lactones) is 1. The van der Waals surface area contributed by atoms with Crippen molar-refractivity contribution in [2.45, 2.75) is 84.3 Å². The van der Waals surface area contributed by atoms with E-state index < -0.39 is 29.3 Å². The van der Waals surface area contributed by atoms with Crippen molar-refractivity contribution >= 4 is 23.0 Å². The van der Waals surface area contributed by atoms with Gasteiger partial charge in [0, 0.05) is 22.6 Å². The number of aromatic nitrogens is 2. The maximum Gasteiger partial charge on any atom is 0.408 e. The molecule has 39 heavy (non-hydrogen) atoms. The molecule has 0 saturated heterocycles. The third-order valence-electron chi connectivity index (χ3n) is 8.07. The largest absolute Gasteiger partial charge is 0.458 e. The van der Waals surface area contributed by atoms with Gasteiger partial charge in [0.1, 0.15) is 18.0 Å². The Bertz CT molecular complexity index is 1670. The van der Waals surface area contributed by atoms with Crippen molar-refractivity contribution in [2.75, 3.05) is 0 Å². The van der Waals surface area contributed by atoms with Crippen LogP contribution < -0.4 is 10.9 Å². The van der Waals surface area contributed by atoms with Crippen LogP contribution in [-0.4, -0.2) is 32.3 Å². The Balaban J connectivity index is 1.60. The number of aryl methyl sites for hydroxylation is 1. The van der Waals surface area contributed by atoms with Crippen molar-refractivity contribution in [1.82, 2.24) is 14.9 Å². The minimum atomic E-state index is -1.95. The van der Waals surface area contributed by atoms with E-state index >= 15 is 4.39 Å². The summed E-state index contributed by atoms with van der Waals surface area (Å²) in [5, 5.41) is 14.9. The smallest absolute Gasteiger partial charge is 0.408 e. The van der Waals surface area contributed by atoms with Crippen LogP contribution in [0, 0.1) is 12.7 Å². The number of amides is 1. The van der Waals surface area contributed by atoms with Crippen LogP contribution in [0.25, 0.3) is 22.3 Å². The van der Waals surface area contributed by atoms with E-state index in [1.165, 1.54) is 6.07 Å². The van der Waals surface area contributed by atoms with E-state index in [0.717, 1.165) is 22.1 Å². The molecule has 9 nitrogen and oxygen atoms in total. The number of rotatable bonds is 2. The second kappa shape index (κ2) is 8.35. The molecule has 2 aliphatic heterocycles. The molecule has 3 aromatic rings. The molecule has 0 bridgehead atoms. The Morgan fingerprint density at radius 3 is 2.72 bits per heavy atom. The number of esters is 1. The van der Waals surface area contributed by atoms with Crippen LogP contribution in [0.3, 0.4) is 0 Å². The number of carbonyl (C=O) groups excluding carboxylic acids is 2. The zero-order valence-corrected chi connectivity index (χ0v) is 22.5. The number of carbonyl (C=O) groups is 2. The molecular formula is C29H30FN3O6. The summed E-state index contributed by atoms with van der Waals surface area (Å²) in [4.78, 5) is 43.8. The van der Waals surface area contributed by atoms with E-state index in [2.05, 4.69) is 5.32 Å². The maximum absolute atomic E-state index is 15.0. The lowest BCUT2D eigenvalue weighted by Gasteiger charge is -2.31. The topological polar surface area (TPSA) is 120 Å². The van der Waals surface area contributed by atoms with Gasteiger partial charge in [0.05, 0.1) is 35.1 Å². The second-order valence-electron chi connectivity index (χ2n) is 11.5.